The van der Waals surface area contributed by atoms with Crippen LogP contribution in [-0.2, 0) is 4.79 Å². The highest BCUT2D eigenvalue weighted by Crippen LogP contribution is 2.35. The molecule has 1 saturated heterocycles. The molecule has 0 spiro atoms. The van der Waals surface area contributed by atoms with Crippen molar-refractivity contribution < 1.29 is 4.79 Å². The predicted octanol–water partition coefficient (Wildman–Crippen LogP) is 3.68. The predicted molar refractivity (Wildman–Crippen MR) is 76.4 cm³/mol. The molecule has 1 aromatic carbocycles. The summed E-state index contributed by atoms with van der Waals surface area (Å²) >= 11 is 6.28. The first-order valence-corrected chi connectivity index (χ1v) is 6.93. The molecule has 1 N–H and O–H groups in total. The van der Waals surface area contributed by atoms with E-state index in [9.17, 15) is 4.79 Å². The Bertz CT molecular complexity index is 428. The van der Waals surface area contributed by atoms with Crippen LogP contribution in [0.1, 0.15) is 32.6 Å². The Hall–Kier alpha value is -1.22. The van der Waals surface area contributed by atoms with Crippen molar-refractivity contribution in [2.45, 2.75) is 32.6 Å². The molecule has 0 bridgehead atoms. The molecular formula is C14H19ClN2O. The van der Waals surface area contributed by atoms with E-state index in [1.807, 2.05) is 25.1 Å². The van der Waals surface area contributed by atoms with Gasteiger partial charge in [-0.25, -0.2) is 0 Å². The average molecular weight is 267 g/mol. The smallest absolute Gasteiger partial charge is 0.224 e. The lowest BCUT2D eigenvalue weighted by Crippen LogP contribution is -2.21. The van der Waals surface area contributed by atoms with Crippen molar-refractivity contribution in [2.75, 3.05) is 23.3 Å². The zero-order chi connectivity index (χ0) is 13.0. The summed E-state index contributed by atoms with van der Waals surface area (Å²) in [6, 6.07) is 5.68. The zero-order valence-electron chi connectivity index (χ0n) is 10.7. The number of carbonyl (C=O) groups excluding carboxylic acids is 1. The van der Waals surface area contributed by atoms with Crippen molar-refractivity contribution in [1.29, 1.82) is 0 Å². The molecule has 0 aliphatic carbocycles. The fourth-order valence-corrected chi connectivity index (χ4v) is 2.61. The molecule has 1 amide bonds. The summed E-state index contributed by atoms with van der Waals surface area (Å²) < 4.78 is 0. The number of benzene rings is 1. The van der Waals surface area contributed by atoms with Gasteiger partial charge in [0.1, 0.15) is 0 Å². The number of para-hydroxylation sites is 1. The van der Waals surface area contributed by atoms with Crippen molar-refractivity contribution in [3.05, 3.63) is 23.2 Å². The van der Waals surface area contributed by atoms with Crippen LogP contribution >= 0.6 is 11.6 Å². The molecule has 98 valence electrons. The second-order valence-electron chi connectivity index (χ2n) is 4.63. The largest absolute Gasteiger partial charge is 0.369 e. The van der Waals surface area contributed by atoms with E-state index in [2.05, 4.69) is 10.2 Å². The summed E-state index contributed by atoms with van der Waals surface area (Å²) in [6.07, 6.45) is 3.78. The van der Waals surface area contributed by atoms with E-state index in [1.54, 1.807) is 0 Å². The quantitative estimate of drug-likeness (QED) is 0.902. The minimum atomic E-state index is 0.0558. The molecule has 0 atom stereocenters. The Labute approximate surface area is 113 Å². The Morgan fingerprint density at radius 3 is 2.78 bits per heavy atom. The zero-order valence-corrected chi connectivity index (χ0v) is 11.5. The van der Waals surface area contributed by atoms with E-state index >= 15 is 0 Å². The lowest BCUT2D eigenvalue weighted by Gasteiger charge is -2.22. The average Bonchev–Trinajstić information content (AvgIpc) is 2.82. The standard InChI is InChI=1S/C14H19ClN2O/c1-2-6-13(18)16-12-8-5-7-11(15)14(12)17-9-3-4-10-17/h5,7-8H,2-4,6,9-10H2,1H3,(H,16,18). The molecule has 1 aromatic rings. The minimum Gasteiger partial charge on any atom is -0.369 e. The van der Waals surface area contributed by atoms with Gasteiger partial charge < -0.3 is 10.2 Å². The third kappa shape index (κ3) is 2.96. The van der Waals surface area contributed by atoms with Crippen molar-refractivity contribution in [1.82, 2.24) is 0 Å². The molecule has 1 aliphatic heterocycles. The number of hydrogen-bond acceptors (Lipinski definition) is 2. The Morgan fingerprint density at radius 1 is 1.39 bits per heavy atom. The van der Waals surface area contributed by atoms with Crippen LogP contribution in [0.3, 0.4) is 0 Å². The molecule has 1 heterocycles. The number of nitrogens with one attached hydrogen (secondary N) is 1. The molecule has 4 heteroatoms. The molecule has 0 saturated carbocycles. The second kappa shape index (κ2) is 6.10. The molecule has 3 nitrogen and oxygen atoms in total. The van der Waals surface area contributed by atoms with E-state index < -0.39 is 0 Å². The maximum atomic E-state index is 11.7. The number of nitrogens with zero attached hydrogens (tertiary/aromatic N) is 1. The van der Waals surface area contributed by atoms with Gasteiger partial charge >= 0.3 is 0 Å². The van der Waals surface area contributed by atoms with Crippen LogP contribution in [0.25, 0.3) is 0 Å². The minimum absolute atomic E-state index is 0.0558. The molecule has 2 rings (SSSR count). The Kier molecular flexibility index (Phi) is 4.48. The summed E-state index contributed by atoms with van der Waals surface area (Å²) in [5.74, 6) is 0.0558. The summed E-state index contributed by atoms with van der Waals surface area (Å²) in [5.41, 5.74) is 1.81. The fourth-order valence-electron chi connectivity index (χ4n) is 2.32. The fraction of sp³-hybridized carbons (Fsp3) is 0.500. The molecule has 0 radical (unpaired) electrons. The highest BCUT2D eigenvalue weighted by molar-refractivity contribution is 6.34. The molecule has 1 fully saturated rings. The lowest BCUT2D eigenvalue weighted by atomic mass is 10.2. The van der Waals surface area contributed by atoms with Crippen LogP contribution in [0.4, 0.5) is 11.4 Å². The van der Waals surface area contributed by atoms with E-state index in [0.717, 1.165) is 30.9 Å². The molecule has 0 aromatic heterocycles. The van der Waals surface area contributed by atoms with Gasteiger partial charge in [0.15, 0.2) is 0 Å². The summed E-state index contributed by atoms with van der Waals surface area (Å²) in [5, 5.41) is 3.68. The van der Waals surface area contributed by atoms with Crippen molar-refractivity contribution in [3.63, 3.8) is 0 Å². The van der Waals surface area contributed by atoms with Crippen molar-refractivity contribution in [3.8, 4) is 0 Å². The monoisotopic (exact) mass is 266 g/mol. The van der Waals surface area contributed by atoms with Gasteiger partial charge in [0.25, 0.3) is 0 Å². The topological polar surface area (TPSA) is 32.3 Å². The summed E-state index contributed by atoms with van der Waals surface area (Å²) in [4.78, 5) is 14.0. The van der Waals surface area contributed by atoms with Crippen LogP contribution in [0.15, 0.2) is 18.2 Å². The number of halogens is 1. The third-order valence-electron chi connectivity index (χ3n) is 3.16. The van der Waals surface area contributed by atoms with Gasteiger partial charge in [-0.2, -0.15) is 0 Å². The van der Waals surface area contributed by atoms with Crippen LogP contribution in [0.5, 0.6) is 0 Å². The van der Waals surface area contributed by atoms with Crippen LogP contribution < -0.4 is 10.2 Å². The normalized spacial score (nSPS) is 14.9. The molecule has 1 aliphatic rings. The third-order valence-corrected chi connectivity index (χ3v) is 3.47. The van der Waals surface area contributed by atoms with Crippen LogP contribution in [0.2, 0.25) is 5.02 Å². The molecular weight excluding hydrogens is 248 g/mol. The number of rotatable bonds is 4. The van der Waals surface area contributed by atoms with E-state index in [1.165, 1.54) is 12.8 Å². The number of carbonyl (C=O) groups is 1. The van der Waals surface area contributed by atoms with Crippen LogP contribution in [-0.4, -0.2) is 19.0 Å². The van der Waals surface area contributed by atoms with Gasteiger partial charge in [0, 0.05) is 19.5 Å². The van der Waals surface area contributed by atoms with Gasteiger partial charge in [0.2, 0.25) is 5.91 Å². The van der Waals surface area contributed by atoms with Gasteiger partial charge in [-0.3, -0.25) is 4.79 Å². The first-order chi connectivity index (χ1) is 8.72. The molecule has 0 unspecified atom stereocenters. The first kappa shape index (κ1) is 13.2. The van der Waals surface area contributed by atoms with Crippen molar-refractivity contribution in [2.24, 2.45) is 0 Å². The first-order valence-electron chi connectivity index (χ1n) is 6.55. The van der Waals surface area contributed by atoms with E-state index in [0.29, 0.717) is 11.4 Å². The lowest BCUT2D eigenvalue weighted by molar-refractivity contribution is -0.116. The maximum Gasteiger partial charge on any atom is 0.224 e. The summed E-state index contributed by atoms with van der Waals surface area (Å²) in [6.45, 7) is 4.03. The van der Waals surface area contributed by atoms with Gasteiger partial charge in [-0.05, 0) is 31.4 Å². The number of hydrogen-bond donors (Lipinski definition) is 1. The Morgan fingerprint density at radius 2 is 2.11 bits per heavy atom. The van der Waals surface area contributed by atoms with Crippen LogP contribution in [0, 0.1) is 0 Å². The SMILES string of the molecule is CCCC(=O)Nc1cccc(Cl)c1N1CCCC1. The van der Waals surface area contributed by atoms with E-state index in [-0.39, 0.29) is 5.91 Å². The van der Waals surface area contributed by atoms with Crippen molar-refractivity contribution >= 4 is 28.9 Å². The highest BCUT2D eigenvalue weighted by Gasteiger charge is 2.19. The van der Waals surface area contributed by atoms with Gasteiger partial charge in [-0.1, -0.05) is 24.6 Å². The van der Waals surface area contributed by atoms with Gasteiger partial charge in [0.05, 0.1) is 16.4 Å². The van der Waals surface area contributed by atoms with Gasteiger partial charge in [-0.15, -0.1) is 0 Å². The molecule has 18 heavy (non-hydrogen) atoms. The van der Waals surface area contributed by atoms with E-state index in [4.69, 9.17) is 11.6 Å². The number of amides is 1. The second-order valence-corrected chi connectivity index (χ2v) is 5.04. The summed E-state index contributed by atoms with van der Waals surface area (Å²) in [7, 11) is 0. The maximum absolute atomic E-state index is 11.7. The number of anilines is 2. The Balaban J connectivity index is 2.23. The highest BCUT2D eigenvalue weighted by atomic mass is 35.5.